The topological polar surface area (TPSA) is 12.4 Å². The highest BCUT2D eigenvalue weighted by Gasteiger charge is 1.88. The van der Waals surface area contributed by atoms with Gasteiger partial charge in [-0.1, -0.05) is 31.9 Å². The molecule has 1 heteroatoms. The van der Waals surface area contributed by atoms with E-state index in [-0.39, 0.29) is 0 Å². The Morgan fingerprint density at radius 2 is 1.82 bits per heavy atom. The van der Waals surface area contributed by atoms with Gasteiger partial charge in [-0.3, -0.25) is 4.99 Å². The van der Waals surface area contributed by atoms with Gasteiger partial charge in [0, 0.05) is 6.21 Å². The lowest BCUT2D eigenvalue weighted by molar-refractivity contribution is 1.33. The highest BCUT2D eigenvalue weighted by molar-refractivity contribution is 5.71. The van der Waals surface area contributed by atoms with Gasteiger partial charge in [0.15, 0.2) is 0 Å². The molecule has 0 heterocycles. The van der Waals surface area contributed by atoms with Crippen molar-refractivity contribution in [1.82, 2.24) is 0 Å². The van der Waals surface area contributed by atoms with Gasteiger partial charge in [-0.25, -0.2) is 0 Å². The van der Waals surface area contributed by atoms with Crippen LogP contribution in [-0.4, -0.2) is 6.21 Å². The van der Waals surface area contributed by atoms with Crippen LogP contribution >= 0.6 is 0 Å². The van der Waals surface area contributed by atoms with E-state index in [0.29, 0.717) is 0 Å². The summed E-state index contributed by atoms with van der Waals surface area (Å²) in [5, 5.41) is 0. The summed E-state index contributed by atoms with van der Waals surface area (Å²) in [7, 11) is 0. The summed E-state index contributed by atoms with van der Waals surface area (Å²) < 4.78 is 0. The molecule has 0 bridgehead atoms. The molecular weight excluding hydrogens is 134 g/mol. The van der Waals surface area contributed by atoms with Gasteiger partial charge in [-0.05, 0) is 18.6 Å². The predicted molar refractivity (Wildman–Crippen MR) is 51.8 cm³/mol. The van der Waals surface area contributed by atoms with Gasteiger partial charge < -0.3 is 0 Å². The highest BCUT2D eigenvalue weighted by atomic mass is 14.7. The number of hydrogen-bond acceptors (Lipinski definition) is 1. The second kappa shape index (κ2) is 5.42. The largest absolute Gasteiger partial charge is 0.257 e. The zero-order valence-corrected chi connectivity index (χ0v) is 6.88. The van der Waals surface area contributed by atoms with Crippen molar-refractivity contribution >= 4 is 6.21 Å². The summed E-state index contributed by atoms with van der Waals surface area (Å²) in [4.78, 5) is 4.08. The van der Waals surface area contributed by atoms with Crippen LogP contribution in [0.3, 0.4) is 0 Å². The molecule has 0 aromatic carbocycles. The fourth-order valence-corrected chi connectivity index (χ4v) is 0.553. The first-order chi connectivity index (χ1) is 5.26. The summed E-state index contributed by atoms with van der Waals surface area (Å²) in [6.07, 6.45) is 6.69. The van der Waals surface area contributed by atoms with Crippen LogP contribution in [0.15, 0.2) is 54.2 Å². The van der Waals surface area contributed by atoms with Crippen LogP contribution in [0.2, 0.25) is 0 Å². The van der Waals surface area contributed by atoms with Crippen LogP contribution in [0.1, 0.15) is 6.92 Å². The third-order valence-corrected chi connectivity index (χ3v) is 1.22. The van der Waals surface area contributed by atoms with Crippen molar-refractivity contribution in [1.29, 1.82) is 0 Å². The van der Waals surface area contributed by atoms with Gasteiger partial charge >= 0.3 is 0 Å². The third-order valence-electron chi connectivity index (χ3n) is 1.22. The molecule has 0 saturated carbocycles. The Kier molecular flexibility index (Phi) is 4.74. The van der Waals surface area contributed by atoms with Crippen LogP contribution in [-0.2, 0) is 0 Å². The molecule has 0 rings (SSSR count). The molecule has 0 atom stereocenters. The van der Waals surface area contributed by atoms with E-state index in [0.717, 1.165) is 11.3 Å². The van der Waals surface area contributed by atoms with Gasteiger partial charge in [0.25, 0.3) is 0 Å². The molecule has 11 heavy (non-hydrogen) atoms. The molecule has 0 aliphatic heterocycles. The van der Waals surface area contributed by atoms with Crippen molar-refractivity contribution in [2.45, 2.75) is 6.92 Å². The first-order valence-electron chi connectivity index (χ1n) is 3.37. The molecule has 0 saturated heterocycles. The van der Waals surface area contributed by atoms with Crippen LogP contribution in [0.5, 0.6) is 0 Å². The Balaban J connectivity index is 4.64. The van der Waals surface area contributed by atoms with E-state index in [9.17, 15) is 0 Å². The first kappa shape index (κ1) is 9.63. The molecule has 0 radical (unpaired) electrons. The van der Waals surface area contributed by atoms with Crippen molar-refractivity contribution in [3.8, 4) is 0 Å². The molecular formula is C10H13N. The predicted octanol–water partition coefficient (Wildman–Crippen LogP) is 2.89. The minimum absolute atomic E-state index is 0.833. The fourth-order valence-electron chi connectivity index (χ4n) is 0.553. The van der Waals surface area contributed by atoms with E-state index in [1.807, 2.05) is 6.92 Å². The Labute approximate surface area is 68.2 Å². The first-order valence-corrected chi connectivity index (χ1v) is 3.37. The van der Waals surface area contributed by atoms with E-state index in [4.69, 9.17) is 0 Å². The van der Waals surface area contributed by atoms with Gasteiger partial charge in [0.1, 0.15) is 0 Å². The van der Waals surface area contributed by atoms with Gasteiger partial charge in [-0.2, -0.15) is 0 Å². The minimum Gasteiger partial charge on any atom is -0.257 e. The number of aliphatic imine (C=N–C) groups is 1. The maximum absolute atomic E-state index is 4.08. The SMILES string of the molecule is C=CC=N/C(C=C)=C(/C)C=C. The number of hydrogen-bond donors (Lipinski definition) is 0. The van der Waals surface area contributed by atoms with Gasteiger partial charge in [0.2, 0.25) is 0 Å². The van der Waals surface area contributed by atoms with Crippen molar-refractivity contribution in [3.05, 3.63) is 49.2 Å². The van der Waals surface area contributed by atoms with Crippen LogP contribution in [0.4, 0.5) is 0 Å². The summed E-state index contributed by atoms with van der Waals surface area (Å²) in [6.45, 7) is 12.7. The summed E-state index contributed by atoms with van der Waals surface area (Å²) in [5.74, 6) is 0. The standard InChI is InChI=1S/C10H13N/c1-5-8-11-10(7-3)9(4)6-2/h5-8H,1-3H2,4H3/b10-9-,11-8?. The molecule has 0 aliphatic rings. The Morgan fingerprint density at radius 1 is 1.18 bits per heavy atom. The smallest absolute Gasteiger partial charge is 0.0652 e. The van der Waals surface area contributed by atoms with Crippen molar-refractivity contribution in [2.24, 2.45) is 4.99 Å². The van der Waals surface area contributed by atoms with Crippen molar-refractivity contribution in [3.63, 3.8) is 0 Å². The fraction of sp³-hybridized carbons (Fsp3) is 0.100. The summed E-state index contributed by atoms with van der Waals surface area (Å²) in [5.41, 5.74) is 1.85. The van der Waals surface area contributed by atoms with E-state index in [1.54, 1.807) is 24.4 Å². The summed E-state index contributed by atoms with van der Waals surface area (Å²) >= 11 is 0. The zero-order chi connectivity index (χ0) is 8.69. The lowest BCUT2D eigenvalue weighted by atomic mass is 10.2. The molecule has 0 N–H and O–H groups in total. The highest BCUT2D eigenvalue weighted by Crippen LogP contribution is 2.06. The number of allylic oxidation sites excluding steroid dienone is 4. The summed E-state index contributed by atoms with van der Waals surface area (Å²) in [6, 6.07) is 0. The molecule has 0 spiro atoms. The monoisotopic (exact) mass is 147 g/mol. The van der Waals surface area contributed by atoms with Crippen molar-refractivity contribution in [2.75, 3.05) is 0 Å². The third kappa shape index (κ3) is 3.36. The van der Waals surface area contributed by atoms with E-state index in [2.05, 4.69) is 24.7 Å². The van der Waals surface area contributed by atoms with Crippen LogP contribution in [0, 0.1) is 0 Å². The zero-order valence-electron chi connectivity index (χ0n) is 6.88. The molecule has 0 aliphatic carbocycles. The molecule has 0 amide bonds. The van der Waals surface area contributed by atoms with E-state index < -0.39 is 0 Å². The molecule has 0 unspecified atom stereocenters. The molecule has 1 nitrogen and oxygen atoms in total. The maximum Gasteiger partial charge on any atom is 0.0652 e. The molecule has 58 valence electrons. The number of nitrogens with zero attached hydrogens (tertiary/aromatic N) is 1. The second-order valence-electron chi connectivity index (χ2n) is 1.99. The normalized spacial score (nSPS) is 12.5. The van der Waals surface area contributed by atoms with Crippen LogP contribution in [0.25, 0.3) is 0 Å². The van der Waals surface area contributed by atoms with Gasteiger partial charge in [-0.15, -0.1) is 0 Å². The average molecular weight is 147 g/mol. The molecule has 0 fully saturated rings. The lowest BCUT2D eigenvalue weighted by Gasteiger charge is -1.95. The molecule has 0 aromatic heterocycles. The lowest BCUT2D eigenvalue weighted by Crippen LogP contribution is -1.77. The Hall–Kier alpha value is -1.37. The minimum atomic E-state index is 0.833. The Morgan fingerprint density at radius 3 is 2.18 bits per heavy atom. The van der Waals surface area contributed by atoms with Gasteiger partial charge in [0.05, 0.1) is 5.70 Å². The average Bonchev–Trinajstić information content (AvgIpc) is 2.05. The maximum atomic E-state index is 4.08. The van der Waals surface area contributed by atoms with Crippen LogP contribution < -0.4 is 0 Å². The number of rotatable bonds is 4. The van der Waals surface area contributed by atoms with Crippen molar-refractivity contribution < 1.29 is 0 Å². The second-order valence-corrected chi connectivity index (χ2v) is 1.99. The van der Waals surface area contributed by atoms with E-state index >= 15 is 0 Å². The van der Waals surface area contributed by atoms with E-state index in [1.165, 1.54) is 0 Å². The Bertz CT molecular complexity index is 219. The molecule has 0 aromatic rings. The quantitative estimate of drug-likeness (QED) is 0.428.